The highest BCUT2D eigenvalue weighted by molar-refractivity contribution is 6.03. The van der Waals surface area contributed by atoms with Crippen molar-refractivity contribution in [3.63, 3.8) is 0 Å². The molecule has 2 atom stereocenters. The van der Waals surface area contributed by atoms with Gasteiger partial charge in [0.2, 0.25) is 0 Å². The van der Waals surface area contributed by atoms with Gasteiger partial charge in [-0.15, -0.1) is 0 Å². The fraction of sp³-hybridized carbons (Fsp3) is 0.429. The van der Waals surface area contributed by atoms with Crippen molar-refractivity contribution in [1.29, 1.82) is 0 Å². The number of benzene rings is 1. The zero-order chi connectivity index (χ0) is 18.3. The monoisotopic (exact) mass is 352 g/mol. The minimum Gasteiger partial charge on any atom is -0.455 e. The molecule has 5 heteroatoms. The van der Waals surface area contributed by atoms with Crippen molar-refractivity contribution >= 4 is 11.7 Å². The smallest absolute Gasteiger partial charge is 0.289 e. The summed E-state index contributed by atoms with van der Waals surface area (Å²) in [5, 5.41) is 0. The lowest BCUT2D eigenvalue weighted by Gasteiger charge is -2.16. The molecule has 5 nitrogen and oxygen atoms in total. The summed E-state index contributed by atoms with van der Waals surface area (Å²) in [7, 11) is 0. The van der Waals surface area contributed by atoms with E-state index >= 15 is 0 Å². The van der Waals surface area contributed by atoms with Gasteiger partial charge in [-0.3, -0.25) is 9.59 Å². The van der Waals surface area contributed by atoms with E-state index in [9.17, 15) is 9.59 Å². The Bertz CT molecular complexity index is 840. The molecule has 0 saturated carbocycles. The van der Waals surface area contributed by atoms with Gasteiger partial charge >= 0.3 is 0 Å². The SMILES string of the molecule is Cc1c(C(=O)N2C[C@@H](CN)[C@H](c3ccccc3)C2)oc2c1C(=O)CCC2. The van der Waals surface area contributed by atoms with Crippen LogP contribution in [0.3, 0.4) is 0 Å². The number of furan rings is 1. The van der Waals surface area contributed by atoms with E-state index in [1.807, 2.05) is 30.0 Å². The van der Waals surface area contributed by atoms with Crippen LogP contribution >= 0.6 is 0 Å². The quantitative estimate of drug-likeness (QED) is 0.921. The zero-order valence-corrected chi connectivity index (χ0v) is 15.0. The van der Waals surface area contributed by atoms with E-state index < -0.39 is 0 Å². The van der Waals surface area contributed by atoms with Crippen LogP contribution in [0.15, 0.2) is 34.7 Å². The summed E-state index contributed by atoms with van der Waals surface area (Å²) in [5.74, 6) is 1.44. The third kappa shape index (κ3) is 2.76. The number of rotatable bonds is 3. The molecular weight excluding hydrogens is 328 g/mol. The molecule has 136 valence electrons. The molecule has 26 heavy (non-hydrogen) atoms. The lowest BCUT2D eigenvalue weighted by molar-refractivity contribution is 0.0751. The van der Waals surface area contributed by atoms with Crippen LogP contribution in [0.25, 0.3) is 0 Å². The number of likely N-dealkylation sites (tertiary alicyclic amines) is 1. The number of aryl methyl sites for hydroxylation is 1. The highest BCUT2D eigenvalue weighted by Gasteiger charge is 2.38. The van der Waals surface area contributed by atoms with E-state index in [4.69, 9.17) is 10.2 Å². The maximum Gasteiger partial charge on any atom is 0.289 e. The highest BCUT2D eigenvalue weighted by atomic mass is 16.4. The first-order valence-corrected chi connectivity index (χ1v) is 9.30. The molecule has 0 spiro atoms. The molecule has 1 amide bonds. The highest BCUT2D eigenvalue weighted by Crippen LogP contribution is 2.35. The number of carbonyl (C=O) groups is 2. The number of fused-ring (bicyclic) bond motifs is 1. The molecule has 1 aromatic heterocycles. The molecule has 1 fully saturated rings. The molecule has 2 N–H and O–H groups in total. The molecule has 1 aliphatic carbocycles. The Morgan fingerprint density at radius 2 is 2.00 bits per heavy atom. The second-order valence-corrected chi connectivity index (χ2v) is 7.35. The van der Waals surface area contributed by atoms with Gasteiger partial charge in [-0.2, -0.15) is 0 Å². The normalized spacial score (nSPS) is 22.5. The lowest BCUT2D eigenvalue weighted by Crippen LogP contribution is -2.30. The predicted octanol–water partition coefficient (Wildman–Crippen LogP) is 2.92. The van der Waals surface area contributed by atoms with Gasteiger partial charge in [-0.05, 0) is 31.4 Å². The number of ketones is 1. The summed E-state index contributed by atoms with van der Waals surface area (Å²) < 4.78 is 5.85. The zero-order valence-electron chi connectivity index (χ0n) is 15.0. The van der Waals surface area contributed by atoms with Crippen molar-refractivity contribution in [2.45, 2.75) is 32.1 Å². The number of nitrogens with two attached hydrogens (primary N) is 1. The standard InChI is InChI=1S/C21H24N2O3/c1-13-19-17(24)8-5-9-18(19)26-20(13)21(25)23-11-15(10-22)16(12-23)14-6-3-2-4-7-14/h2-4,6-7,15-16H,5,8-12,22H2,1H3/t15-,16+/m1/s1. The maximum absolute atomic E-state index is 13.1. The van der Waals surface area contributed by atoms with Gasteiger partial charge in [-0.1, -0.05) is 30.3 Å². The Kier molecular flexibility index (Phi) is 4.41. The molecule has 1 saturated heterocycles. The molecule has 4 rings (SSSR count). The average molecular weight is 352 g/mol. The third-order valence-corrected chi connectivity index (χ3v) is 5.76. The van der Waals surface area contributed by atoms with Gasteiger partial charge in [0.15, 0.2) is 11.5 Å². The first-order chi connectivity index (χ1) is 12.6. The fourth-order valence-electron chi connectivity index (χ4n) is 4.35. The minimum atomic E-state index is -0.124. The van der Waals surface area contributed by atoms with E-state index in [0.29, 0.717) is 48.7 Å². The van der Waals surface area contributed by atoms with Gasteiger partial charge in [0.25, 0.3) is 5.91 Å². The summed E-state index contributed by atoms with van der Waals surface area (Å²) in [6.45, 7) is 3.61. The number of Topliss-reactive ketones (excluding diaryl/α,β-unsaturated/α-hetero) is 1. The molecule has 2 aromatic rings. The Hall–Kier alpha value is -2.40. The number of carbonyl (C=O) groups excluding carboxylic acids is 2. The molecular formula is C21H24N2O3. The molecule has 2 aliphatic rings. The number of nitrogens with zero attached hydrogens (tertiary/aromatic N) is 1. The predicted molar refractivity (Wildman–Crippen MR) is 98.3 cm³/mol. The van der Waals surface area contributed by atoms with Crippen LogP contribution in [0.5, 0.6) is 0 Å². The summed E-state index contributed by atoms with van der Waals surface area (Å²) in [5.41, 5.74) is 8.53. The second-order valence-electron chi connectivity index (χ2n) is 7.35. The third-order valence-electron chi connectivity index (χ3n) is 5.76. The van der Waals surface area contributed by atoms with E-state index in [-0.39, 0.29) is 23.5 Å². The Labute approximate surface area is 153 Å². The maximum atomic E-state index is 13.1. The number of hydrogen-bond donors (Lipinski definition) is 1. The average Bonchev–Trinajstić information content (AvgIpc) is 3.24. The molecule has 1 aromatic carbocycles. The van der Waals surface area contributed by atoms with E-state index in [0.717, 1.165) is 12.8 Å². The Morgan fingerprint density at radius 1 is 1.23 bits per heavy atom. The van der Waals surface area contributed by atoms with E-state index in [1.54, 1.807) is 0 Å². The molecule has 0 unspecified atom stereocenters. The van der Waals surface area contributed by atoms with Crippen molar-refractivity contribution in [2.24, 2.45) is 11.7 Å². The topological polar surface area (TPSA) is 76.5 Å². The van der Waals surface area contributed by atoms with E-state index in [2.05, 4.69) is 12.1 Å². The van der Waals surface area contributed by atoms with Crippen molar-refractivity contribution in [1.82, 2.24) is 4.90 Å². The van der Waals surface area contributed by atoms with Crippen molar-refractivity contribution in [2.75, 3.05) is 19.6 Å². The molecule has 0 radical (unpaired) electrons. The van der Waals surface area contributed by atoms with Crippen LogP contribution in [0.4, 0.5) is 0 Å². The fourth-order valence-corrected chi connectivity index (χ4v) is 4.35. The van der Waals surface area contributed by atoms with Crippen LogP contribution in [0.1, 0.15) is 56.6 Å². The van der Waals surface area contributed by atoms with E-state index in [1.165, 1.54) is 5.56 Å². The van der Waals surface area contributed by atoms with Crippen LogP contribution in [-0.4, -0.2) is 36.2 Å². The van der Waals surface area contributed by atoms with Crippen molar-refractivity contribution in [3.05, 3.63) is 58.5 Å². The lowest BCUT2D eigenvalue weighted by atomic mass is 9.89. The summed E-state index contributed by atoms with van der Waals surface area (Å²) in [4.78, 5) is 27.1. The number of hydrogen-bond acceptors (Lipinski definition) is 4. The molecule has 2 heterocycles. The van der Waals surface area contributed by atoms with Crippen LogP contribution in [0.2, 0.25) is 0 Å². The minimum absolute atomic E-state index is 0.0926. The first-order valence-electron chi connectivity index (χ1n) is 9.30. The van der Waals surface area contributed by atoms with Crippen LogP contribution in [0, 0.1) is 12.8 Å². The summed E-state index contributed by atoms with van der Waals surface area (Å²) in [6, 6.07) is 10.2. The first kappa shape index (κ1) is 17.0. The van der Waals surface area contributed by atoms with Crippen LogP contribution in [-0.2, 0) is 6.42 Å². The summed E-state index contributed by atoms with van der Waals surface area (Å²) >= 11 is 0. The summed E-state index contributed by atoms with van der Waals surface area (Å²) in [6.07, 6.45) is 2.06. The van der Waals surface area contributed by atoms with Gasteiger partial charge in [0.1, 0.15) is 5.76 Å². The second kappa shape index (κ2) is 6.72. The van der Waals surface area contributed by atoms with Gasteiger partial charge in [0.05, 0.1) is 5.56 Å². The number of amides is 1. The van der Waals surface area contributed by atoms with Gasteiger partial charge in [0, 0.05) is 37.4 Å². The Balaban J connectivity index is 1.61. The van der Waals surface area contributed by atoms with Gasteiger partial charge < -0.3 is 15.1 Å². The van der Waals surface area contributed by atoms with Gasteiger partial charge in [-0.25, -0.2) is 0 Å². The van der Waals surface area contributed by atoms with Crippen LogP contribution < -0.4 is 5.73 Å². The Morgan fingerprint density at radius 3 is 2.69 bits per heavy atom. The van der Waals surface area contributed by atoms with Crippen molar-refractivity contribution in [3.8, 4) is 0 Å². The van der Waals surface area contributed by atoms with Crippen molar-refractivity contribution < 1.29 is 14.0 Å². The molecule has 1 aliphatic heterocycles. The molecule has 0 bridgehead atoms. The largest absolute Gasteiger partial charge is 0.455 e.